The van der Waals surface area contributed by atoms with Crippen LogP contribution in [0.4, 0.5) is 11.4 Å². The molecule has 0 aliphatic carbocycles. The first-order valence-corrected chi connectivity index (χ1v) is 9.69. The molecule has 2 aliphatic rings. The second kappa shape index (κ2) is 7.96. The third-order valence-electron chi connectivity index (χ3n) is 5.52. The van der Waals surface area contributed by atoms with Crippen molar-refractivity contribution in [3.63, 3.8) is 0 Å². The van der Waals surface area contributed by atoms with Crippen LogP contribution in [0.3, 0.4) is 0 Å². The average Bonchev–Trinajstić information content (AvgIpc) is 2.75. The Bertz CT molecular complexity index is 748. The van der Waals surface area contributed by atoms with Crippen molar-refractivity contribution in [3.05, 3.63) is 54.4 Å². The molecule has 6 nitrogen and oxygen atoms in total. The van der Waals surface area contributed by atoms with Gasteiger partial charge in [0.25, 0.3) is 5.91 Å². The van der Waals surface area contributed by atoms with Crippen LogP contribution in [0.5, 0.6) is 0 Å². The Morgan fingerprint density at radius 2 is 1.41 bits per heavy atom. The van der Waals surface area contributed by atoms with Gasteiger partial charge in [-0.05, 0) is 31.3 Å². The van der Waals surface area contributed by atoms with Crippen LogP contribution in [0, 0.1) is 0 Å². The van der Waals surface area contributed by atoms with Crippen LogP contribution in [0.15, 0.2) is 48.7 Å². The van der Waals surface area contributed by atoms with Crippen LogP contribution in [0.1, 0.15) is 10.5 Å². The molecule has 6 heteroatoms. The van der Waals surface area contributed by atoms with E-state index >= 15 is 0 Å². The van der Waals surface area contributed by atoms with Gasteiger partial charge in [-0.25, -0.2) is 4.98 Å². The van der Waals surface area contributed by atoms with Crippen molar-refractivity contribution in [1.82, 2.24) is 14.8 Å². The highest BCUT2D eigenvalue weighted by Gasteiger charge is 2.23. The molecule has 1 amide bonds. The number of piperazine rings is 2. The zero-order valence-corrected chi connectivity index (χ0v) is 15.9. The molecule has 2 aliphatic heterocycles. The number of amides is 1. The van der Waals surface area contributed by atoms with E-state index in [1.54, 1.807) is 0 Å². The van der Waals surface area contributed by atoms with Gasteiger partial charge in [0.15, 0.2) is 0 Å². The Hall–Kier alpha value is -2.60. The third kappa shape index (κ3) is 4.06. The maximum atomic E-state index is 12.8. The molecule has 27 heavy (non-hydrogen) atoms. The Balaban J connectivity index is 1.35. The zero-order valence-electron chi connectivity index (χ0n) is 15.9. The minimum atomic E-state index is 0.0349. The predicted octanol–water partition coefficient (Wildman–Crippen LogP) is 1.80. The van der Waals surface area contributed by atoms with E-state index in [2.05, 4.69) is 51.0 Å². The maximum Gasteiger partial charge on any atom is 0.272 e. The van der Waals surface area contributed by atoms with Gasteiger partial charge in [-0.3, -0.25) is 4.79 Å². The van der Waals surface area contributed by atoms with Gasteiger partial charge in [-0.1, -0.05) is 18.2 Å². The Kier molecular flexibility index (Phi) is 5.25. The molecule has 142 valence electrons. The number of benzene rings is 1. The topological polar surface area (TPSA) is 42.9 Å². The first-order chi connectivity index (χ1) is 13.2. The summed E-state index contributed by atoms with van der Waals surface area (Å²) < 4.78 is 0. The number of hydrogen-bond donors (Lipinski definition) is 0. The molecule has 1 aromatic carbocycles. The van der Waals surface area contributed by atoms with E-state index in [0.29, 0.717) is 5.69 Å². The lowest BCUT2D eigenvalue weighted by Gasteiger charge is -2.36. The van der Waals surface area contributed by atoms with Gasteiger partial charge < -0.3 is 19.6 Å². The van der Waals surface area contributed by atoms with Crippen LogP contribution in [0.2, 0.25) is 0 Å². The van der Waals surface area contributed by atoms with Crippen molar-refractivity contribution < 1.29 is 4.79 Å². The second-order valence-corrected chi connectivity index (χ2v) is 7.31. The lowest BCUT2D eigenvalue weighted by Crippen LogP contribution is -2.49. The fourth-order valence-corrected chi connectivity index (χ4v) is 3.73. The molecule has 3 heterocycles. The summed E-state index contributed by atoms with van der Waals surface area (Å²) >= 11 is 0. The molecule has 0 unspecified atom stereocenters. The molecule has 0 N–H and O–H groups in total. The van der Waals surface area contributed by atoms with Gasteiger partial charge in [0.1, 0.15) is 5.69 Å². The lowest BCUT2D eigenvalue weighted by molar-refractivity contribution is 0.0741. The van der Waals surface area contributed by atoms with Gasteiger partial charge in [-0.15, -0.1) is 0 Å². The van der Waals surface area contributed by atoms with Crippen LogP contribution in [-0.2, 0) is 0 Å². The molecule has 2 fully saturated rings. The summed E-state index contributed by atoms with van der Waals surface area (Å²) in [6, 6.07) is 14.3. The van der Waals surface area contributed by atoms with E-state index < -0.39 is 0 Å². The highest BCUT2D eigenvalue weighted by Crippen LogP contribution is 2.18. The molecule has 0 bridgehead atoms. The summed E-state index contributed by atoms with van der Waals surface area (Å²) in [6.07, 6.45) is 1.85. The van der Waals surface area contributed by atoms with Crippen molar-refractivity contribution in [1.29, 1.82) is 0 Å². The number of anilines is 2. The third-order valence-corrected chi connectivity index (χ3v) is 5.52. The second-order valence-electron chi connectivity index (χ2n) is 7.31. The van der Waals surface area contributed by atoms with Crippen molar-refractivity contribution in [3.8, 4) is 0 Å². The first-order valence-electron chi connectivity index (χ1n) is 9.69. The normalized spacial score (nSPS) is 18.6. The van der Waals surface area contributed by atoms with Crippen molar-refractivity contribution in [2.45, 2.75) is 0 Å². The van der Waals surface area contributed by atoms with Crippen LogP contribution in [-0.4, -0.2) is 80.1 Å². The smallest absolute Gasteiger partial charge is 0.272 e. The zero-order chi connectivity index (χ0) is 18.6. The summed E-state index contributed by atoms with van der Waals surface area (Å²) in [5.74, 6) is 0.0349. The quantitative estimate of drug-likeness (QED) is 0.830. The predicted molar refractivity (Wildman–Crippen MR) is 109 cm³/mol. The number of carbonyl (C=O) groups is 1. The lowest BCUT2D eigenvalue weighted by atomic mass is 10.2. The fraction of sp³-hybridized carbons (Fsp3) is 0.429. The fourth-order valence-electron chi connectivity index (χ4n) is 3.73. The summed E-state index contributed by atoms with van der Waals surface area (Å²) in [6.45, 7) is 7.31. The average molecular weight is 365 g/mol. The number of aromatic nitrogens is 1. The molecular formula is C21H27N5O. The standard InChI is InChI=1S/C21H27N5O/c1-23-9-11-25(12-10-23)19-7-8-20(22-17-19)21(27)26-15-13-24(14-16-26)18-5-3-2-4-6-18/h2-8,17H,9-16H2,1H3. The largest absolute Gasteiger partial charge is 0.368 e. The van der Waals surface area contributed by atoms with Crippen molar-refractivity contribution in [2.75, 3.05) is 69.2 Å². The summed E-state index contributed by atoms with van der Waals surface area (Å²) in [5, 5.41) is 0. The molecule has 0 spiro atoms. The molecule has 1 aromatic heterocycles. The van der Waals surface area contributed by atoms with E-state index in [1.165, 1.54) is 5.69 Å². The number of likely N-dealkylation sites (N-methyl/N-ethyl adjacent to an activating group) is 1. The van der Waals surface area contributed by atoms with E-state index in [0.717, 1.165) is 58.0 Å². The van der Waals surface area contributed by atoms with E-state index in [4.69, 9.17) is 0 Å². The molecule has 0 saturated carbocycles. The number of para-hydroxylation sites is 1. The number of carbonyl (C=O) groups excluding carboxylic acids is 1. The molecule has 2 aromatic rings. The number of pyridine rings is 1. The van der Waals surface area contributed by atoms with Gasteiger partial charge in [0.2, 0.25) is 0 Å². The highest BCUT2D eigenvalue weighted by molar-refractivity contribution is 5.92. The molecular weight excluding hydrogens is 338 g/mol. The Morgan fingerprint density at radius 3 is 2.04 bits per heavy atom. The SMILES string of the molecule is CN1CCN(c2ccc(C(=O)N3CCN(c4ccccc4)CC3)nc2)CC1. The van der Waals surface area contributed by atoms with Crippen LogP contribution >= 0.6 is 0 Å². The summed E-state index contributed by atoms with van der Waals surface area (Å²) in [4.78, 5) is 26.2. The van der Waals surface area contributed by atoms with Gasteiger partial charge >= 0.3 is 0 Å². The molecule has 0 atom stereocenters. The number of nitrogens with zero attached hydrogens (tertiary/aromatic N) is 5. The van der Waals surface area contributed by atoms with Crippen LogP contribution in [0.25, 0.3) is 0 Å². The minimum absolute atomic E-state index is 0.0349. The molecule has 0 radical (unpaired) electrons. The summed E-state index contributed by atoms with van der Waals surface area (Å²) in [7, 11) is 2.15. The van der Waals surface area contributed by atoms with Gasteiger partial charge in [0, 0.05) is 58.0 Å². The van der Waals surface area contributed by atoms with Crippen molar-refractivity contribution >= 4 is 17.3 Å². The first kappa shape index (κ1) is 17.8. The molecule has 4 rings (SSSR count). The monoisotopic (exact) mass is 365 g/mol. The van der Waals surface area contributed by atoms with E-state index in [1.807, 2.05) is 29.3 Å². The van der Waals surface area contributed by atoms with Gasteiger partial charge in [0.05, 0.1) is 11.9 Å². The van der Waals surface area contributed by atoms with Gasteiger partial charge in [-0.2, -0.15) is 0 Å². The highest BCUT2D eigenvalue weighted by atomic mass is 16.2. The number of hydrogen-bond acceptors (Lipinski definition) is 5. The Labute approximate surface area is 161 Å². The Morgan fingerprint density at radius 1 is 0.778 bits per heavy atom. The van der Waals surface area contributed by atoms with Crippen molar-refractivity contribution in [2.24, 2.45) is 0 Å². The van der Waals surface area contributed by atoms with Crippen LogP contribution < -0.4 is 9.80 Å². The van der Waals surface area contributed by atoms with E-state index in [-0.39, 0.29) is 5.91 Å². The molecule has 2 saturated heterocycles. The summed E-state index contributed by atoms with van der Waals surface area (Å²) in [5.41, 5.74) is 2.87. The minimum Gasteiger partial charge on any atom is -0.368 e. The van der Waals surface area contributed by atoms with E-state index in [9.17, 15) is 4.79 Å². The maximum absolute atomic E-state index is 12.8. The number of rotatable bonds is 3.